The smallest absolute Gasteiger partial charge is 0.295 e. The molecule has 0 spiro atoms. The van der Waals surface area contributed by atoms with E-state index in [1.165, 1.54) is 0 Å². The summed E-state index contributed by atoms with van der Waals surface area (Å²) in [5.41, 5.74) is 3.95. The molecule has 1 aromatic heterocycles. The number of nitrogens with zero attached hydrogens (tertiary/aromatic N) is 4. The number of Topliss-reactive ketones (excluding diaryl/α,β-unsaturated/α-hetero) is 1. The third-order valence-corrected chi connectivity index (χ3v) is 7.18. The van der Waals surface area contributed by atoms with Gasteiger partial charge in [-0.2, -0.15) is 5.10 Å². The molecule has 2 aliphatic heterocycles. The maximum absolute atomic E-state index is 13.4. The Bertz CT molecular complexity index is 1310. The number of aliphatic hydroxyl groups excluding tert-OH is 1. The van der Waals surface area contributed by atoms with Gasteiger partial charge in [0.1, 0.15) is 5.76 Å². The first-order valence-electron chi connectivity index (χ1n) is 12.7. The molecule has 1 unspecified atom stereocenters. The molecule has 192 valence electrons. The van der Waals surface area contributed by atoms with Gasteiger partial charge in [-0.05, 0) is 38.0 Å². The molecule has 0 bridgehead atoms. The summed E-state index contributed by atoms with van der Waals surface area (Å²) in [5, 5.41) is 15.9. The van der Waals surface area contributed by atoms with E-state index in [1.807, 2.05) is 68.4 Å². The fraction of sp³-hybridized carbons (Fsp3) is 0.345. The molecule has 37 heavy (non-hydrogen) atoms. The summed E-state index contributed by atoms with van der Waals surface area (Å²) in [7, 11) is 0. The lowest BCUT2D eigenvalue weighted by Crippen LogP contribution is -2.38. The molecule has 8 nitrogen and oxygen atoms in total. The molecular weight excluding hydrogens is 468 g/mol. The van der Waals surface area contributed by atoms with Gasteiger partial charge in [0.2, 0.25) is 0 Å². The van der Waals surface area contributed by atoms with Crippen LogP contribution in [0.25, 0.3) is 11.4 Å². The maximum atomic E-state index is 13.4. The SMILES string of the molecule is Cc1ccc(C2/C(=C(/O)c3cnn(-c4ccccc4)c3C)C(=O)C(=O)N2CCCN2CCOCC2)cc1. The molecular formula is C29H32N4O4. The van der Waals surface area contributed by atoms with Crippen molar-refractivity contribution in [1.82, 2.24) is 19.6 Å². The molecule has 2 fully saturated rings. The Morgan fingerprint density at radius 1 is 1.00 bits per heavy atom. The van der Waals surface area contributed by atoms with Crippen LogP contribution in [0.3, 0.4) is 0 Å². The van der Waals surface area contributed by atoms with Crippen LogP contribution in [0.15, 0.2) is 66.4 Å². The number of hydrogen-bond donors (Lipinski definition) is 1. The number of aliphatic hydroxyl groups is 1. The van der Waals surface area contributed by atoms with Gasteiger partial charge in [-0.3, -0.25) is 14.5 Å². The van der Waals surface area contributed by atoms with Crippen LogP contribution in [0.4, 0.5) is 0 Å². The minimum atomic E-state index is -0.665. The van der Waals surface area contributed by atoms with Crippen molar-refractivity contribution in [3.63, 3.8) is 0 Å². The molecule has 2 aromatic carbocycles. The zero-order valence-corrected chi connectivity index (χ0v) is 21.3. The van der Waals surface area contributed by atoms with E-state index in [0.717, 1.165) is 42.9 Å². The number of carbonyl (C=O) groups excluding carboxylic acids is 2. The molecule has 1 N–H and O–H groups in total. The van der Waals surface area contributed by atoms with E-state index in [0.29, 0.717) is 31.0 Å². The second kappa shape index (κ2) is 10.7. The molecule has 0 aliphatic carbocycles. The van der Waals surface area contributed by atoms with Crippen molar-refractivity contribution in [2.24, 2.45) is 0 Å². The number of aryl methyl sites for hydroxylation is 1. The van der Waals surface area contributed by atoms with Crippen LogP contribution in [0.1, 0.15) is 34.8 Å². The lowest BCUT2D eigenvalue weighted by molar-refractivity contribution is -0.140. The van der Waals surface area contributed by atoms with Crippen LogP contribution >= 0.6 is 0 Å². The van der Waals surface area contributed by atoms with Gasteiger partial charge in [-0.15, -0.1) is 0 Å². The van der Waals surface area contributed by atoms with Crippen molar-refractivity contribution in [2.75, 3.05) is 39.4 Å². The average Bonchev–Trinajstić information content (AvgIpc) is 3.42. The Hall–Kier alpha value is -3.75. The van der Waals surface area contributed by atoms with Gasteiger partial charge >= 0.3 is 0 Å². The number of ketones is 1. The van der Waals surface area contributed by atoms with E-state index in [9.17, 15) is 14.7 Å². The van der Waals surface area contributed by atoms with E-state index in [-0.39, 0.29) is 11.3 Å². The number of benzene rings is 2. The predicted octanol–water partition coefficient (Wildman–Crippen LogP) is 3.63. The minimum absolute atomic E-state index is 0.107. The second-order valence-electron chi connectivity index (χ2n) is 9.60. The van der Waals surface area contributed by atoms with Crippen molar-refractivity contribution in [3.8, 4) is 5.69 Å². The van der Waals surface area contributed by atoms with Crippen molar-refractivity contribution in [1.29, 1.82) is 0 Å². The maximum Gasteiger partial charge on any atom is 0.295 e. The number of carbonyl (C=O) groups is 2. The summed E-state index contributed by atoms with van der Waals surface area (Å²) in [6.45, 7) is 8.22. The van der Waals surface area contributed by atoms with Gasteiger partial charge in [-0.1, -0.05) is 48.0 Å². The quantitative estimate of drug-likeness (QED) is 0.303. The Balaban J connectivity index is 1.50. The number of likely N-dealkylation sites (tertiary alicyclic amines) is 1. The summed E-state index contributed by atoms with van der Waals surface area (Å²) in [4.78, 5) is 30.6. The highest BCUT2D eigenvalue weighted by Crippen LogP contribution is 2.40. The number of morpholine rings is 1. The summed E-state index contributed by atoms with van der Waals surface area (Å²) in [6, 6.07) is 16.7. The topological polar surface area (TPSA) is 87.9 Å². The Labute approximate surface area is 216 Å². The molecule has 8 heteroatoms. The highest BCUT2D eigenvalue weighted by molar-refractivity contribution is 6.46. The van der Waals surface area contributed by atoms with Gasteiger partial charge in [-0.25, -0.2) is 4.68 Å². The number of aromatic nitrogens is 2. The monoisotopic (exact) mass is 500 g/mol. The fourth-order valence-electron chi connectivity index (χ4n) is 5.11. The van der Waals surface area contributed by atoms with Crippen LogP contribution in [-0.4, -0.2) is 75.8 Å². The first-order valence-corrected chi connectivity index (χ1v) is 12.7. The van der Waals surface area contributed by atoms with Crippen molar-refractivity contribution in [3.05, 3.63) is 88.8 Å². The Kier molecular flexibility index (Phi) is 7.21. The van der Waals surface area contributed by atoms with E-state index in [2.05, 4.69) is 10.00 Å². The third-order valence-electron chi connectivity index (χ3n) is 7.18. The Morgan fingerprint density at radius 3 is 2.41 bits per heavy atom. The lowest BCUT2D eigenvalue weighted by Gasteiger charge is -2.29. The molecule has 3 aromatic rings. The molecule has 3 heterocycles. The standard InChI is InChI=1S/C29H32N4O4/c1-20-9-11-22(12-10-20)26-25(27(34)24-19-30-33(21(24)2)23-7-4-3-5-8-23)28(35)29(36)32(26)14-6-13-31-15-17-37-18-16-31/h3-5,7-12,19,26,34H,6,13-18H2,1-2H3/b27-25-. The first kappa shape index (κ1) is 24.9. The van der Waals surface area contributed by atoms with Gasteiger partial charge in [0.25, 0.3) is 11.7 Å². The van der Waals surface area contributed by atoms with Crippen molar-refractivity contribution in [2.45, 2.75) is 26.3 Å². The van der Waals surface area contributed by atoms with Crippen molar-refractivity contribution >= 4 is 17.4 Å². The van der Waals surface area contributed by atoms with Gasteiger partial charge in [0.05, 0.1) is 48.0 Å². The largest absolute Gasteiger partial charge is 0.507 e. The second-order valence-corrected chi connectivity index (χ2v) is 9.60. The van der Waals surface area contributed by atoms with Crippen molar-refractivity contribution < 1.29 is 19.4 Å². The van der Waals surface area contributed by atoms with Crippen LogP contribution in [0.2, 0.25) is 0 Å². The molecule has 5 rings (SSSR count). The zero-order chi connectivity index (χ0) is 25.9. The minimum Gasteiger partial charge on any atom is -0.507 e. The summed E-state index contributed by atoms with van der Waals surface area (Å²) in [6.07, 6.45) is 2.27. The van der Waals surface area contributed by atoms with Crippen LogP contribution < -0.4 is 0 Å². The number of ether oxygens (including phenoxy) is 1. The summed E-state index contributed by atoms with van der Waals surface area (Å²) in [5.74, 6) is -1.44. The average molecular weight is 501 g/mol. The van der Waals surface area contributed by atoms with E-state index < -0.39 is 17.7 Å². The molecule has 1 amide bonds. The normalized spacial score (nSPS) is 20.1. The van der Waals surface area contributed by atoms with Gasteiger partial charge in [0, 0.05) is 26.2 Å². The molecule has 2 saturated heterocycles. The zero-order valence-electron chi connectivity index (χ0n) is 21.3. The fourth-order valence-corrected chi connectivity index (χ4v) is 5.11. The summed E-state index contributed by atoms with van der Waals surface area (Å²) < 4.78 is 7.14. The highest BCUT2D eigenvalue weighted by atomic mass is 16.5. The van der Waals surface area contributed by atoms with Crippen LogP contribution in [-0.2, 0) is 14.3 Å². The molecule has 2 aliphatic rings. The number of para-hydroxylation sites is 1. The molecule has 1 atom stereocenters. The van der Waals surface area contributed by atoms with E-state index in [1.54, 1.807) is 15.8 Å². The highest BCUT2D eigenvalue weighted by Gasteiger charge is 2.46. The van der Waals surface area contributed by atoms with E-state index >= 15 is 0 Å². The molecule has 0 radical (unpaired) electrons. The number of hydrogen-bond acceptors (Lipinski definition) is 6. The number of rotatable bonds is 7. The van der Waals surface area contributed by atoms with Crippen LogP contribution in [0, 0.1) is 13.8 Å². The predicted molar refractivity (Wildman–Crippen MR) is 140 cm³/mol. The van der Waals surface area contributed by atoms with Gasteiger partial charge < -0.3 is 14.7 Å². The summed E-state index contributed by atoms with van der Waals surface area (Å²) >= 11 is 0. The Morgan fingerprint density at radius 2 is 1.70 bits per heavy atom. The van der Waals surface area contributed by atoms with Gasteiger partial charge in [0.15, 0.2) is 0 Å². The molecule has 0 saturated carbocycles. The third kappa shape index (κ3) is 4.95. The lowest BCUT2D eigenvalue weighted by atomic mass is 9.95. The number of amides is 1. The first-order chi connectivity index (χ1) is 18.0. The van der Waals surface area contributed by atoms with E-state index in [4.69, 9.17) is 4.74 Å². The van der Waals surface area contributed by atoms with Crippen LogP contribution in [0.5, 0.6) is 0 Å².